The largest absolute Gasteiger partial charge is 0.446 e. The van der Waals surface area contributed by atoms with Gasteiger partial charge in [0.05, 0.1) is 17.8 Å². The summed E-state index contributed by atoms with van der Waals surface area (Å²) in [6.07, 6.45) is 4.10. The fourth-order valence-electron chi connectivity index (χ4n) is 2.10. The quantitative estimate of drug-likeness (QED) is 0.777. The molecule has 2 heterocycles. The standard InChI is InChI=1S/C13H15N5O/c1-3-10(13-7-14-8-19-13)15-9-4-5-12-11(6-9)16-17-18(12)2/h4-8,10,15H,3H2,1-2H3. The zero-order valence-electron chi connectivity index (χ0n) is 10.9. The number of oxazole rings is 1. The smallest absolute Gasteiger partial charge is 0.180 e. The Bertz CT molecular complexity index is 673. The molecule has 1 aromatic carbocycles. The second-order valence-electron chi connectivity index (χ2n) is 4.43. The van der Waals surface area contributed by atoms with E-state index < -0.39 is 0 Å². The van der Waals surface area contributed by atoms with Gasteiger partial charge in [0.25, 0.3) is 0 Å². The second-order valence-corrected chi connectivity index (χ2v) is 4.43. The summed E-state index contributed by atoms with van der Waals surface area (Å²) in [6.45, 7) is 2.10. The molecule has 3 aromatic rings. The number of anilines is 1. The summed E-state index contributed by atoms with van der Waals surface area (Å²) in [7, 11) is 1.88. The van der Waals surface area contributed by atoms with Gasteiger partial charge in [0.15, 0.2) is 6.39 Å². The molecule has 0 radical (unpaired) electrons. The first kappa shape index (κ1) is 11.7. The number of nitrogens with one attached hydrogen (secondary N) is 1. The van der Waals surface area contributed by atoms with Crippen LogP contribution in [-0.2, 0) is 7.05 Å². The molecular weight excluding hydrogens is 242 g/mol. The van der Waals surface area contributed by atoms with Crippen molar-refractivity contribution in [1.82, 2.24) is 20.0 Å². The van der Waals surface area contributed by atoms with Crippen molar-refractivity contribution in [3.05, 3.63) is 36.5 Å². The predicted octanol–water partition coefficient (Wildman–Crippen LogP) is 2.52. The van der Waals surface area contributed by atoms with Gasteiger partial charge in [0.2, 0.25) is 0 Å². The molecule has 0 aliphatic rings. The normalized spacial score (nSPS) is 12.7. The van der Waals surface area contributed by atoms with Crippen molar-refractivity contribution < 1.29 is 4.42 Å². The number of hydrogen-bond acceptors (Lipinski definition) is 5. The number of rotatable bonds is 4. The van der Waals surface area contributed by atoms with Gasteiger partial charge < -0.3 is 9.73 Å². The maximum atomic E-state index is 5.34. The van der Waals surface area contributed by atoms with Crippen molar-refractivity contribution in [1.29, 1.82) is 0 Å². The Morgan fingerprint density at radius 2 is 2.32 bits per heavy atom. The minimum Gasteiger partial charge on any atom is -0.446 e. The van der Waals surface area contributed by atoms with Gasteiger partial charge in [-0.15, -0.1) is 5.10 Å². The number of aromatic nitrogens is 4. The first-order valence-electron chi connectivity index (χ1n) is 6.22. The lowest BCUT2D eigenvalue weighted by Crippen LogP contribution is -2.08. The maximum Gasteiger partial charge on any atom is 0.180 e. The molecule has 0 amide bonds. The molecule has 0 aliphatic carbocycles. The highest BCUT2D eigenvalue weighted by Crippen LogP contribution is 2.24. The van der Waals surface area contributed by atoms with Crippen LogP contribution in [0.1, 0.15) is 25.1 Å². The summed E-state index contributed by atoms with van der Waals surface area (Å²) in [5.41, 5.74) is 2.88. The monoisotopic (exact) mass is 257 g/mol. The van der Waals surface area contributed by atoms with E-state index >= 15 is 0 Å². The van der Waals surface area contributed by atoms with Crippen molar-refractivity contribution in [2.75, 3.05) is 5.32 Å². The Hall–Kier alpha value is -2.37. The highest BCUT2D eigenvalue weighted by atomic mass is 16.3. The molecule has 2 aromatic heterocycles. The van der Waals surface area contributed by atoms with Gasteiger partial charge in [-0.2, -0.15) is 0 Å². The first-order valence-corrected chi connectivity index (χ1v) is 6.22. The summed E-state index contributed by atoms with van der Waals surface area (Å²) >= 11 is 0. The molecule has 0 spiro atoms. The second kappa shape index (κ2) is 4.72. The van der Waals surface area contributed by atoms with Crippen molar-refractivity contribution in [2.45, 2.75) is 19.4 Å². The Kier molecular flexibility index (Phi) is 2.91. The fourth-order valence-corrected chi connectivity index (χ4v) is 2.10. The summed E-state index contributed by atoms with van der Waals surface area (Å²) in [5, 5.41) is 11.5. The Labute approximate surface area is 110 Å². The van der Waals surface area contributed by atoms with Crippen molar-refractivity contribution in [3.8, 4) is 0 Å². The van der Waals surface area contributed by atoms with E-state index in [0.717, 1.165) is 28.9 Å². The van der Waals surface area contributed by atoms with Crippen LogP contribution in [0.5, 0.6) is 0 Å². The highest BCUT2D eigenvalue weighted by molar-refractivity contribution is 5.78. The molecule has 0 saturated heterocycles. The molecule has 3 rings (SSSR count). The maximum absolute atomic E-state index is 5.34. The van der Waals surface area contributed by atoms with E-state index in [1.807, 2.05) is 25.2 Å². The minimum atomic E-state index is 0.108. The average molecular weight is 257 g/mol. The molecule has 6 heteroatoms. The van der Waals surface area contributed by atoms with Crippen molar-refractivity contribution >= 4 is 16.7 Å². The van der Waals surface area contributed by atoms with Gasteiger partial charge >= 0.3 is 0 Å². The average Bonchev–Trinajstić information content (AvgIpc) is 3.06. The first-order chi connectivity index (χ1) is 9.28. The number of hydrogen-bond donors (Lipinski definition) is 1. The van der Waals surface area contributed by atoms with Crippen LogP contribution in [-0.4, -0.2) is 20.0 Å². The van der Waals surface area contributed by atoms with E-state index in [1.165, 1.54) is 6.39 Å². The molecule has 0 fully saturated rings. The Morgan fingerprint density at radius 3 is 3.05 bits per heavy atom. The van der Waals surface area contributed by atoms with Crippen LogP contribution in [0.15, 0.2) is 35.2 Å². The Balaban J connectivity index is 1.88. The zero-order chi connectivity index (χ0) is 13.2. The molecule has 1 N–H and O–H groups in total. The molecule has 0 aliphatic heterocycles. The third-order valence-corrected chi connectivity index (χ3v) is 3.15. The van der Waals surface area contributed by atoms with Crippen LogP contribution in [0.2, 0.25) is 0 Å². The topological polar surface area (TPSA) is 68.8 Å². The highest BCUT2D eigenvalue weighted by Gasteiger charge is 2.13. The van der Waals surface area contributed by atoms with Gasteiger partial charge in [0.1, 0.15) is 11.3 Å². The molecule has 0 bridgehead atoms. The fraction of sp³-hybridized carbons (Fsp3) is 0.308. The lowest BCUT2D eigenvalue weighted by molar-refractivity contribution is 0.470. The lowest BCUT2D eigenvalue weighted by Gasteiger charge is -2.15. The van der Waals surface area contributed by atoms with E-state index in [9.17, 15) is 0 Å². The van der Waals surface area contributed by atoms with Crippen LogP contribution < -0.4 is 5.32 Å². The van der Waals surface area contributed by atoms with Gasteiger partial charge in [-0.25, -0.2) is 9.67 Å². The van der Waals surface area contributed by atoms with Crippen LogP contribution in [0.25, 0.3) is 11.0 Å². The van der Waals surface area contributed by atoms with Crippen LogP contribution in [0.3, 0.4) is 0 Å². The zero-order valence-corrected chi connectivity index (χ0v) is 10.9. The third kappa shape index (κ3) is 2.16. The van der Waals surface area contributed by atoms with E-state index in [-0.39, 0.29) is 6.04 Å². The lowest BCUT2D eigenvalue weighted by atomic mass is 10.1. The van der Waals surface area contributed by atoms with Gasteiger partial charge in [-0.05, 0) is 24.6 Å². The van der Waals surface area contributed by atoms with Gasteiger partial charge in [-0.3, -0.25) is 0 Å². The molecule has 19 heavy (non-hydrogen) atoms. The van der Waals surface area contributed by atoms with E-state index in [0.29, 0.717) is 0 Å². The number of nitrogens with zero attached hydrogens (tertiary/aromatic N) is 4. The van der Waals surface area contributed by atoms with Gasteiger partial charge in [-0.1, -0.05) is 12.1 Å². The summed E-state index contributed by atoms with van der Waals surface area (Å²) in [5.74, 6) is 0.835. The van der Waals surface area contributed by atoms with Crippen molar-refractivity contribution in [3.63, 3.8) is 0 Å². The SMILES string of the molecule is CCC(Nc1ccc2c(c1)nnn2C)c1cnco1. The van der Waals surface area contributed by atoms with E-state index in [1.54, 1.807) is 10.9 Å². The Morgan fingerprint density at radius 1 is 1.42 bits per heavy atom. The molecule has 1 unspecified atom stereocenters. The molecule has 1 atom stereocenters. The van der Waals surface area contributed by atoms with Crippen molar-refractivity contribution in [2.24, 2.45) is 7.05 Å². The number of fused-ring (bicyclic) bond motifs is 1. The third-order valence-electron chi connectivity index (χ3n) is 3.15. The number of benzene rings is 1. The molecule has 98 valence electrons. The molecular formula is C13H15N5O. The molecule has 0 saturated carbocycles. The van der Waals surface area contributed by atoms with E-state index in [2.05, 4.69) is 27.5 Å². The van der Waals surface area contributed by atoms with E-state index in [4.69, 9.17) is 4.42 Å². The minimum absolute atomic E-state index is 0.108. The summed E-state index contributed by atoms with van der Waals surface area (Å²) in [4.78, 5) is 3.95. The molecule has 6 nitrogen and oxygen atoms in total. The van der Waals surface area contributed by atoms with Crippen LogP contribution in [0.4, 0.5) is 5.69 Å². The van der Waals surface area contributed by atoms with Crippen LogP contribution in [0, 0.1) is 0 Å². The predicted molar refractivity (Wildman–Crippen MR) is 71.7 cm³/mol. The summed E-state index contributed by atoms with van der Waals surface area (Å²) in [6, 6.07) is 6.12. The van der Waals surface area contributed by atoms with Crippen LogP contribution >= 0.6 is 0 Å². The van der Waals surface area contributed by atoms with Gasteiger partial charge in [0, 0.05) is 12.7 Å². The summed E-state index contributed by atoms with van der Waals surface area (Å²) < 4.78 is 7.10. The number of aryl methyl sites for hydroxylation is 1.